The molecule has 0 aliphatic heterocycles. The summed E-state index contributed by atoms with van der Waals surface area (Å²) < 4.78 is 61.7. The Morgan fingerprint density at radius 2 is 1.52 bits per heavy atom. The molecule has 0 bridgehead atoms. The van der Waals surface area contributed by atoms with Crippen LogP contribution in [0.5, 0.6) is 0 Å². The van der Waals surface area contributed by atoms with Crippen molar-refractivity contribution < 1.29 is 21.6 Å². The second-order valence-electron chi connectivity index (χ2n) is 7.16. The zero-order valence-corrected chi connectivity index (χ0v) is 15.8. The Hall–Kier alpha value is -2.41. The van der Waals surface area contributed by atoms with Gasteiger partial charge in [0, 0.05) is 23.4 Å². The van der Waals surface area contributed by atoms with Gasteiger partial charge in [0.05, 0.1) is 16.2 Å². The van der Waals surface area contributed by atoms with Crippen LogP contribution in [-0.2, 0) is 16.0 Å². The lowest BCUT2D eigenvalue weighted by molar-refractivity contribution is -0.137. The highest BCUT2D eigenvalue weighted by Gasteiger charge is 2.31. The normalized spacial score (nSPS) is 16.8. The van der Waals surface area contributed by atoms with Crippen LogP contribution >= 0.6 is 0 Å². The third-order valence-corrected chi connectivity index (χ3v) is 5.38. The Morgan fingerprint density at radius 1 is 0.926 bits per heavy atom. The van der Waals surface area contributed by atoms with Gasteiger partial charge in [-0.2, -0.15) is 13.2 Å². The second kappa shape index (κ2) is 6.34. The predicted octanol–water partition coefficient (Wildman–Crippen LogP) is 5.01. The third-order valence-electron chi connectivity index (χ3n) is 4.29. The molecule has 0 amide bonds. The van der Waals surface area contributed by atoms with E-state index in [0.717, 1.165) is 29.5 Å². The molecule has 3 rings (SSSR count). The summed E-state index contributed by atoms with van der Waals surface area (Å²) in [6.45, 7) is 3.96. The molecular weight excluding hydrogens is 375 g/mol. The number of rotatable bonds is 3. The molecular formula is C20H18F3NO2S. The molecule has 0 saturated heterocycles. The van der Waals surface area contributed by atoms with Crippen LogP contribution in [0.15, 0.2) is 59.6 Å². The SMILES string of the molecule is CC1(C)C=C(c2ccc(C(F)(F)F)cc2)C(c2ccc(S(C)(=O)=O)cn2)=C1. The summed E-state index contributed by atoms with van der Waals surface area (Å²) in [6.07, 6.45) is 1.96. The topological polar surface area (TPSA) is 47.0 Å². The highest BCUT2D eigenvalue weighted by Crippen LogP contribution is 2.43. The summed E-state index contributed by atoms with van der Waals surface area (Å²) in [5.41, 5.74) is 1.75. The van der Waals surface area contributed by atoms with E-state index in [0.29, 0.717) is 11.3 Å². The molecule has 1 aliphatic carbocycles. The number of hydrogen-bond acceptors (Lipinski definition) is 3. The van der Waals surface area contributed by atoms with E-state index in [-0.39, 0.29) is 10.3 Å². The molecule has 0 radical (unpaired) electrons. The van der Waals surface area contributed by atoms with Crippen LogP contribution in [0.4, 0.5) is 13.2 Å². The Labute approximate surface area is 156 Å². The number of hydrogen-bond donors (Lipinski definition) is 0. The minimum Gasteiger partial charge on any atom is -0.255 e. The molecule has 2 aromatic rings. The van der Waals surface area contributed by atoms with Crippen LogP contribution in [0.1, 0.15) is 30.7 Å². The molecule has 1 heterocycles. The van der Waals surface area contributed by atoms with Crippen LogP contribution in [0, 0.1) is 5.41 Å². The van der Waals surface area contributed by atoms with Crippen molar-refractivity contribution in [3.8, 4) is 0 Å². The second-order valence-corrected chi connectivity index (χ2v) is 9.18. The fourth-order valence-corrected chi connectivity index (χ4v) is 3.55. The summed E-state index contributed by atoms with van der Waals surface area (Å²) >= 11 is 0. The summed E-state index contributed by atoms with van der Waals surface area (Å²) in [6, 6.07) is 8.08. The molecule has 1 aromatic heterocycles. The minimum atomic E-state index is -4.39. The van der Waals surface area contributed by atoms with Gasteiger partial charge in [0.25, 0.3) is 0 Å². The van der Waals surface area contributed by atoms with E-state index in [9.17, 15) is 21.6 Å². The maximum Gasteiger partial charge on any atom is 0.416 e. The monoisotopic (exact) mass is 393 g/mol. The molecule has 1 aromatic carbocycles. The minimum absolute atomic E-state index is 0.115. The highest BCUT2D eigenvalue weighted by atomic mass is 32.2. The van der Waals surface area contributed by atoms with Gasteiger partial charge in [-0.15, -0.1) is 0 Å². The number of sulfone groups is 1. The van der Waals surface area contributed by atoms with Crippen molar-refractivity contribution >= 4 is 21.0 Å². The fourth-order valence-electron chi connectivity index (χ4n) is 2.99. The lowest BCUT2D eigenvalue weighted by atomic mass is 9.95. The number of alkyl halides is 3. The van der Waals surface area contributed by atoms with E-state index < -0.39 is 21.6 Å². The first-order valence-electron chi connectivity index (χ1n) is 8.17. The Balaban J connectivity index is 2.01. The fraction of sp³-hybridized carbons (Fsp3) is 0.250. The zero-order chi connectivity index (χ0) is 20.0. The molecule has 0 fully saturated rings. The third kappa shape index (κ3) is 4.13. The first-order valence-corrected chi connectivity index (χ1v) is 10.1. The van der Waals surface area contributed by atoms with E-state index in [1.165, 1.54) is 24.4 Å². The van der Waals surface area contributed by atoms with Crippen molar-refractivity contribution in [2.75, 3.05) is 6.26 Å². The van der Waals surface area contributed by atoms with Gasteiger partial charge in [0.15, 0.2) is 9.84 Å². The molecule has 142 valence electrons. The molecule has 0 unspecified atom stereocenters. The standard InChI is InChI=1S/C20H18F3NO2S/c1-19(2)10-16(13-4-6-14(7-5-13)20(21,22)23)17(11-19)18-9-8-15(12-24-18)27(3,25)26/h4-12H,1-3H3. The molecule has 3 nitrogen and oxygen atoms in total. The quantitative estimate of drug-likeness (QED) is 0.736. The maximum absolute atomic E-state index is 12.8. The van der Waals surface area contributed by atoms with Gasteiger partial charge in [-0.05, 0) is 35.4 Å². The first-order chi connectivity index (χ1) is 12.4. The number of halogens is 3. The van der Waals surface area contributed by atoms with E-state index in [1.54, 1.807) is 6.07 Å². The van der Waals surface area contributed by atoms with Crippen molar-refractivity contribution in [3.05, 3.63) is 71.6 Å². The molecule has 7 heteroatoms. The van der Waals surface area contributed by atoms with Crippen molar-refractivity contribution in [1.82, 2.24) is 4.98 Å². The summed E-state index contributed by atoms with van der Waals surface area (Å²) in [4.78, 5) is 4.37. The molecule has 0 saturated carbocycles. The summed E-state index contributed by atoms with van der Waals surface area (Å²) in [5, 5.41) is 0. The van der Waals surface area contributed by atoms with Crippen LogP contribution in [0.3, 0.4) is 0 Å². The van der Waals surface area contributed by atoms with Crippen LogP contribution in [0.2, 0.25) is 0 Å². The predicted molar refractivity (Wildman–Crippen MR) is 98.5 cm³/mol. The van der Waals surface area contributed by atoms with E-state index in [2.05, 4.69) is 4.98 Å². The zero-order valence-electron chi connectivity index (χ0n) is 15.0. The summed E-state index contributed by atoms with van der Waals surface area (Å²) in [7, 11) is -3.35. The van der Waals surface area contributed by atoms with Gasteiger partial charge in [0.2, 0.25) is 0 Å². The number of pyridine rings is 1. The summed E-state index contributed by atoms with van der Waals surface area (Å²) in [5.74, 6) is 0. The Kier molecular flexibility index (Phi) is 4.54. The maximum atomic E-state index is 12.8. The van der Waals surface area contributed by atoms with Crippen molar-refractivity contribution in [2.45, 2.75) is 24.9 Å². The van der Waals surface area contributed by atoms with Gasteiger partial charge in [0.1, 0.15) is 0 Å². The van der Waals surface area contributed by atoms with Gasteiger partial charge >= 0.3 is 6.18 Å². The van der Waals surface area contributed by atoms with Crippen LogP contribution in [0.25, 0.3) is 11.1 Å². The Morgan fingerprint density at radius 3 is 2.00 bits per heavy atom. The van der Waals surface area contributed by atoms with Crippen molar-refractivity contribution in [3.63, 3.8) is 0 Å². The van der Waals surface area contributed by atoms with E-state index in [1.807, 2.05) is 26.0 Å². The molecule has 0 spiro atoms. The number of aromatic nitrogens is 1. The molecule has 0 N–H and O–H groups in total. The van der Waals surface area contributed by atoms with E-state index in [4.69, 9.17) is 0 Å². The number of allylic oxidation sites excluding steroid dienone is 4. The highest BCUT2D eigenvalue weighted by molar-refractivity contribution is 7.90. The average molecular weight is 393 g/mol. The molecule has 0 atom stereocenters. The smallest absolute Gasteiger partial charge is 0.255 e. The van der Waals surface area contributed by atoms with Crippen molar-refractivity contribution in [1.29, 1.82) is 0 Å². The largest absolute Gasteiger partial charge is 0.416 e. The molecule has 27 heavy (non-hydrogen) atoms. The van der Waals surface area contributed by atoms with Crippen LogP contribution < -0.4 is 0 Å². The van der Waals surface area contributed by atoms with Gasteiger partial charge in [-0.1, -0.05) is 38.1 Å². The average Bonchev–Trinajstić information content (AvgIpc) is 2.89. The van der Waals surface area contributed by atoms with Gasteiger partial charge < -0.3 is 0 Å². The van der Waals surface area contributed by atoms with E-state index >= 15 is 0 Å². The number of nitrogens with zero attached hydrogens (tertiary/aromatic N) is 1. The van der Waals surface area contributed by atoms with Crippen LogP contribution in [-0.4, -0.2) is 19.7 Å². The Bertz CT molecular complexity index is 1030. The van der Waals surface area contributed by atoms with Crippen molar-refractivity contribution in [2.24, 2.45) is 5.41 Å². The van der Waals surface area contributed by atoms with Gasteiger partial charge in [-0.3, -0.25) is 4.98 Å². The lowest BCUT2D eigenvalue weighted by Crippen LogP contribution is -2.04. The number of benzene rings is 1. The first kappa shape index (κ1) is 19.4. The van der Waals surface area contributed by atoms with Gasteiger partial charge in [-0.25, -0.2) is 8.42 Å². The lowest BCUT2D eigenvalue weighted by Gasteiger charge is -2.11. The molecule has 1 aliphatic rings.